The minimum absolute atomic E-state index is 0.410. The summed E-state index contributed by atoms with van der Waals surface area (Å²) in [6.07, 6.45) is 2.16. The first-order chi connectivity index (χ1) is 9.28. The highest BCUT2D eigenvalue weighted by Crippen LogP contribution is 2.13. The average Bonchev–Trinajstić information content (AvgIpc) is 2.47. The Balaban J connectivity index is 1.84. The average molecular weight is 250 g/mol. The Bertz CT molecular complexity index is 538. The van der Waals surface area contributed by atoms with Crippen molar-refractivity contribution in [1.82, 2.24) is 0 Å². The number of rotatable bonds is 5. The maximum Gasteiger partial charge on any atom is 0.0991 e. The number of benzene rings is 2. The zero-order chi connectivity index (χ0) is 13.5. The predicted octanol–water partition coefficient (Wildman–Crippen LogP) is 3.99. The van der Waals surface area contributed by atoms with Gasteiger partial charge in [-0.15, -0.1) is 0 Å². The third kappa shape index (κ3) is 4.15. The Hall–Kier alpha value is -2.27. The summed E-state index contributed by atoms with van der Waals surface area (Å²) >= 11 is 0. The summed E-state index contributed by atoms with van der Waals surface area (Å²) in [4.78, 5) is 0. The van der Waals surface area contributed by atoms with Crippen LogP contribution in [0.5, 0.6) is 0 Å². The standard InChI is InChI=1S/C17H18N2/c1-14(7-8-15-5-3-2-4-6-15)19-17-11-9-16(13-18)10-12-17/h2-6,9-12,14,19H,7-8H2,1H3. The number of aryl methyl sites for hydroxylation is 1. The lowest BCUT2D eigenvalue weighted by molar-refractivity contribution is 0.706. The minimum Gasteiger partial charge on any atom is -0.383 e. The number of hydrogen-bond acceptors (Lipinski definition) is 2. The van der Waals surface area contributed by atoms with Gasteiger partial charge >= 0.3 is 0 Å². The maximum atomic E-state index is 8.75. The largest absolute Gasteiger partial charge is 0.383 e. The maximum absolute atomic E-state index is 8.75. The number of anilines is 1. The summed E-state index contributed by atoms with van der Waals surface area (Å²) in [5.74, 6) is 0. The molecular formula is C17H18N2. The molecule has 2 rings (SSSR count). The number of nitrogens with one attached hydrogen (secondary N) is 1. The van der Waals surface area contributed by atoms with Crippen molar-refractivity contribution in [3.63, 3.8) is 0 Å². The lowest BCUT2D eigenvalue weighted by Crippen LogP contribution is -2.15. The van der Waals surface area contributed by atoms with Gasteiger partial charge in [0, 0.05) is 11.7 Å². The van der Waals surface area contributed by atoms with Crippen molar-refractivity contribution in [1.29, 1.82) is 5.26 Å². The van der Waals surface area contributed by atoms with Gasteiger partial charge in [0.1, 0.15) is 0 Å². The Labute approximate surface area is 114 Å². The van der Waals surface area contributed by atoms with Crippen molar-refractivity contribution in [3.05, 3.63) is 65.7 Å². The van der Waals surface area contributed by atoms with Gasteiger partial charge < -0.3 is 5.32 Å². The van der Waals surface area contributed by atoms with Gasteiger partial charge in [-0.2, -0.15) is 5.26 Å². The summed E-state index contributed by atoms with van der Waals surface area (Å²) < 4.78 is 0. The van der Waals surface area contributed by atoms with Crippen molar-refractivity contribution in [2.45, 2.75) is 25.8 Å². The van der Waals surface area contributed by atoms with Gasteiger partial charge in [0.15, 0.2) is 0 Å². The molecule has 0 aliphatic carbocycles. The van der Waals surface area contributed by atoms with Crippen LogP contribution < -0.4 is 5.32 Å². The normalized spacial score (nSPS) is 11.6. The highest BCUT2D eigenvalue weighted by atomic mass is 14.9. The minimum atomic E-state index is 0.410. The van der Waals surface area contributed by atoms with Crippen molar-refractivity contribution >= 4 is 5.69 Å². The van der Waals surface area contributed by atoms with Gasteiger partial charge in [0.05, 0.1) is 11.6 Å². The molecule has 2 aromatic rings. The molecule has 2 heteroatoms. The summed E-state index contributed by atoms with van der Waals surface area (Å²) in [6, 6.07) is 20.6. The molecule has 2 nitrogen and oxygen atoms in total. The molecule has 0 saturated heterocycles. The van der Waals surface area contributed by atoms with E-state index in [0.717, 1.165) is 18.5 Å². The van der Waals surface area contributed by atoms with Crippen LogP contribution in [0, 0.1) is 11.3 Å². The van der Waals surface area contributed by atoms with E-state index in [1.807, 2.05) is 30.3 Å². The Morgan fingerprint density at radius 2 is 1.74 bits per heavy atom. The highest BCUT2D eigenvalue weighted by molar-refractivity contribution is 5.47. The summed E-state index contributed by atoms with van der Waals surface area (Å²) in [5.41, 5.74) is 3.14. The molecule has 0 aliphatic heterocycles. The van der Waals surface area contributed by atoms with Crippen LogP contribution in [0.15, 0.2) is 54.6 Å². The van der Waals surface area contributed by atoms with Gasteiger partial charge in [-0.3, -0.25) is 0 Å². The fourth-order valence-electron chi connectivity index (χ4n) is 2.03. The molecule has 0 aromatic heterocycles. The zero-order valence-corrected chi connectivity index (χ0v) is 11.1. The first-order valence-corrected chi connectivity index (χ1v) is 6.58. The lowest BCUT2D eigenvalue weighted by Gasteiger charge is -2.15. The molecule has 1 unspecified atom stereocenters. The summed E-state index contributed by atoms with van der Waals surface area (Å²) in [5, 5.41) is 12.2. The van der Waals surface area contributed by atoms with Crippen molar-refractivity contribution in [2.24, 2.45) is 0 Å². The highest BCUT2D eigenvalue weighted by Gasteiger charge is 2.02. The van der Waals surface area contributed by atoms with Crippen molar-refractivity contribution < 1.29 is 0 Å². The summed E-state index contributed by atoms with van der Waals surface area (Å²) in [6.45, 7) is 2.18. The van der Waals surface area contributed by atoms with E-state index in [-0.39, 0.29) is 0 Å². The van der Waals surface area contributed by atoms with E-state index in [2.05, 4.69) is 42.6 Å². The molecule has 0 spiro atoms. The fourth-order valence-corrected chi connectivity index (χ4v) is 2.03. The van der Waals surface area contributed by atoms with E-state index in [0.29, 0.717) is 11.6 Å². The van der Waals surface area contributed by atoms with Crippen LogP contribution in [0.4, 0.5) is 5.69 Å². The second kappa shape index (κ2) is 6.61. The number of nitriles is 1. The summed E-state index contributed by atoms with van der Waals surface area (Å²) in [7, 11) is 0. The molecule has 1 atom stereocenters. The third-order valence-corrected chi connectivity index (χ3v) is 3.14. The first-order valence-electron chi connectivity index (χ1n) is 6.58. The molecule has 0 saturated carbocycles. The van der Waals surface area contributed by atoms with Gasteiger partial charge in [0.2, 0.25) is 0 Å². The monoisotopic (exact) mass is 250 g/mol. The van der Waals surface area contributed by atoms with E-state index >= 15 is 0 Å². The van der Waals surface area contributed by atoms with E-state index in [1.54, 1.807) is 0 Å². The smallest absolute Gasteiger partial charge is 0.0991 e. The van der Waals surface area contributed by atoms with Crippen LogP contribution in [-0.2, 0) is 6.42 Å². The molecule has 0 heterocycles. The molecule has 0 fully saturated rings. The number of hydrogen-bond donors (Lipinski definition) is 1. The van der Waals surface area contributed by atoms with Crippen LogP contribution in [0.1, 0.15) is 24.5 Å². The lowest BCUT2D eigenvalue weighted by atomic mass is 10.1. The Morgan fingerprint density at radius 3 is 2.37 bits per heavy atom. The second-order valence-corrected chi connectivity index (χ2v) is 4.76. The van der Waals surface area contributed by atoms with Gasteiger partial charge in [-0.25, -0.2) is 0 Å². The van der Waals surface area contributed by atoms with Gasteiger partial charge in [-0.05, 0) is 49.6 Å². The fraction of sp³-hybridized carbons (Fsp3) is 0.235. The van der Waals surface area contributed by atoms with Gasteiger partial charge in [-0.1, -0.05) is 30.3 Å². The molecule has 0 bridgehead atoms. The molecule has 0 radical (unpaired) electrons. The van der Waals surface area contributed by atoms with Crippen LogP contribution >= 0.6 is 0 Å². The van der Waals surface area contributed by atoms with E-state index in [9.17, 15) is 0 Å². The van der Waals surface area contributed by atoms with E-state index in [4.69, 9.17) is 5.26 Å². The zero-order valence-electron chi connectivity index (χ0n) is 11.1. The Kier molecular flexibility index (Phi) is 4.58. The number of nitrogens with zero attached hydrogens (tertiary/aromatic N) is 1. The second-order valence-electron chi connectivity index (χ2n) is 4.76. The van der Waals surface area contributed by atoms with Crippen LogP contribution in [0.25, 0.3) is 0 Å². The van der Waals surface area contributed by atoms with Crippen LogP contribution in [-0.4, -0.2) is 6.04 Å². The SMILES string of the molecule is CC(CCc1ccccc1)Nc1ccc(C#N)cc1. The van der Waals surface area contributed by atoms with Crippen LogP contribution in [0.3, 0.4) is 0 Å². The predicted molar refractivity (Wildman–Crippen MR) is 79.0 cm³/mol. The molecular weight excluding hydrogens is 232 g/mol. The van der Waals surface area contributed by atoms with Crippen molar-refractivity contribution in [3.8, 4) is 6.07 Å². The topological polar surface area (TPSA) is 35.8 Å². The van der Waals surface area contributed by atoms with Crippen molar-refractivity contribution in [2.75, 3.05) is 5.32 Å². The van der Waals surface area contributed by atoms with E-state index < -0.39 is 0 Å². The molecule has 96 valence electrons. The van der Waals surface area contributed by atoms with Crippen LogP contribution in [0.2, 0.25) is 0 Å². The molecule has 2 aromatic carbocycles. The third-order valence-electron chi connectivity index (χ3n) is 3.14. The quantitative estimate of drug-likeness (QED) is 0.870. The molecule has 19 heavy (non-hydrogen) atoms. The Morgan fingerprint density at radius 1 is 1.05 bits per heavy atom. The van der Waals surface area contributed by atoms with E-state index in [1.165, 1.54) is 5.56 Å². The molecule has 0 amide bonds. The molecule has 1 N–H and O–H groups in total. The molecule has 0 aliphatic rings. The first kappa shape index (κ1) is 13.2. The van der Waals surface area contributed by atoms with Gasteiger partial charge in [0.25, 0.3) is 0 Å².